The zero-order chi connectivity index (χ0) is 15.1. The lowest BCUT2D eigenvalue weighted by molar-refractivity contribution is 0.0767. The van der Waals surface area contributed by atoms with Gasteiger partial charge < -0.3 is 10.2 Å². The van der Waals surface area contributed by atoms with Crippen LogP contribution in [-0.2, 0) is 6.42 Å². The number of benzene rings is 2. The van der Waals surface area contributed by atoms with E-state index in [1.54, 1.807) is 0 Å². The minimum Gasteiger partial charge on any atom is -0.387 e. The summed E-state index contributed by atoms with van der Waals surface area (Å²) in [5.41, 5.74) is 2.86. The lowest BCUT2D eigenvalue weighted by Gasteiger charge is -2.22. The number of nitrogens with zero attached hydrogens (tertiary/aromatic N) is 1. The van der Waals surface area contributed by atoms with E-state index in [4.69, 9.17) is 0 Å². The first-order valence-electron chi connectivity index (χ1n) is 7.36. The fourth-order valence-electron chi connectivity index (χ4n) is 2.37. The van der Waals surface area contributed by atoms with Gasteiger partial charge in [-0.15, -0.1) is 0 Å². The predicted molar refractivity (Wildman–Crippen MR) is 87.7 cm³/mol. The van der Waals surface area contributed by atoms with Gasteiger partial charge in [-0.05, 0) is 31.0 Å². The summed E-state index contributed by atoms with van der Waals surface area (Å²) in [6.45, 7) is 3.46. The van der Waals surface area contributed by atoms with Gasteiger partial charge in [0.05, 0.1) is 5.56 Å². The molecule has 0 radical (unpaired) electrons. The van der Waals surface area contributed by atoms with E-state index in [0.717, 1.165) is 24.2 Å². The fourth-order valence-corrected chi connectivity index (χ4v) is 2.37. The van der Waals surface area contributed by atoms with Crippen LogP contribution < -0.4 is 5.32 Å². The van der Waals surface area contributed by atoms with Crippen LogP contribution in [0.15, 0.2) is 54.6 Å². The SMILES string of the molecule is CCN(CCc1ccccc1)C(=O)c1ccccc1NC. The molecule has 0 aliphatic carbocycles. The number of carbonyl (C=O) groups excluding carboxylic acids is 1. The van der Waals surface area contributed by atoms with E-state index in [0.29, 0.717) is 6.54 Å². The van der Waals surface area contributed by atoms with Crippen LogP contribution in [0, 0.1) is 0 Å². The van der Waals surface area contributed by atoms with E-state index in [1.807, 2.05) is 61.3 Å². The molecule has 0 aliphatic heterocycles. The van der Waals surface area contributed by atoms with Crippen LogP contribution in [0.5, 0.6) is 0 Å². The molecule has 2 rings (SSSR count). The average Bonchev–Trinajstić information content (AvgIpc) is 2.56. The van der Waals surface area contributed by atoms with Gasteiger partial charge in [-0.2, -0.15) is 0 Å². The molecule has 1 N–H and O–H groups in total. The molecule has 0 fully saturated rings. The minimum atomic E-state index is 0.0818. The lowest BCUT2D eigenvalue weighted by Crippen LogP contribution is -2.33. The van der Waals surface area contributed by atoms with E-state index in [-0.39, 0.29) is 5.91 Å². The summed E-state index contributed by atoms with van der Waals surface area (Å²) in [6.07, 6.45) is 0.877. The van der Waals surface area contributed by atoms with Crippen molar-refractivity contribution in [2.75, 3.05) is 25.5 Å². The summed E-state index contributed by atoms with van der Waals surface area (Å²) in [5, 5.41) is 3.08. The fraction of sp³-hybridized carbons (Fsp3) is 0.278. The summed E-state index contributed by atoms with van der Waals surface area (Å²) >= 11 is 0. The highest BCUT2D eigenvalue weighted by Gasteiger charge is 2.16. The van der Waals surface area contributed by atoms with Crippen LogP contribution in [0.1, 0.15) is 22.8 Å². The standard InChI is InChI=1S/C18H22N2O/c1-3-20(14-13-15-9-5-4-6-10-15)18(21)16-11-7-8-12-17(16)19-2/h4-12,19H,3,13-14H2,1-2H3. The van der Waals surface area contributed by atoms with Gasteiger partial charge in [0.15, 0.2) is 0 Å². The maximum absolute atomic E-state index is 12.7. The van der Waals surface area contributed by atoms with Crippen molar-refractivity contribution >= 4 is 11.6 Å². The Morgan fingerprint density at radius 3 is 2.38 bits per heavy atom. The van der Waals surface area contributed by atoms with Crippen molar-refractivity contribution in [3.8, 4) is 0 Å². The van der Waals surface area contributed by atoms with Crippen LogP contribution in [0.4, 0.5) is 5.69 Å². The molecular formula is C18H22N2O. The molecule has 3 heteroatoms. The van der Waals surface area contributed by atoms with E-state index in [2.05, 4.69) is 17.4 Å². The second-order valence-electron chi connectivity index (χ2n) is 4.92. The monoisotopic (exact) mass is 282 g/mol. The van der Waals surface area contributed by atoms with Gasteiger partial charge in [0.25, 0.3) is 5.91 Å². The molecule has 2 aromatic carbocycles. The van der Waals surface area contributed by atoms with E-state index < -0.39 is 0 Å². The van der Waals surface area contributed by atoms with Crippen LogP contribution in [0.2, 0.25) is 0 Å². The molecule has 0 unspecified atom stereocenters. The van der Waals surface area contributed by atoms with Gasteiger partial charge in [-0.3, -0.25) is 4.79 Å². The second kappa shape index (κ2) is 7.48. The molecule has 1 amide bonds. The summed E-state index contributed by atoms with van der Waals surface area (Å²) < 4.78 is 0. The zero-order valence-electron chi connectivity index (χ0n) is 12.7. The first-order chi connectivity index (χ1) is 10.3. The van der Waals surface area contributed by atoms with Crippen molar-refractivity contribution in [2.24, 2.45) is 0 Å². The molecule has 0 aromatic heterocycles. The average molecular weight is 282 g/mol. The Kier molecular flexibility index (Phi) is 5.38. The topological polar surface area (TPSA) is 32.3 Å². The van der Waals surface area contributed by atoms with Crippen molar-refractivity contribution < 1.29 is 4.79 Å². The van der Waals surface area contributed by atoms with Crippen molar-refractivity contribution in [3.63, 3.8) is 0 Å². The predicted octanol–water partition coefficient (Wildman–Crippen LogP) is 3.43. The first kappa shape index (κ1) is 15.1. The summed E-state index contributed by atoms with van der Waals surface area (Å²) in [4.78, 5) is 14.6. The Bertz CT molecular complexity index is 581. The first-order valence-corrected chi connectivity index (χ1v) is 7.36. The molecule has 0 heterocycles. The third-order valence-corrected chi connectivity index (χ3v) is 3.61. The number of nitrogens with one attached hydrogen (secondary N) is 1. The number of amides is 1. The highest BCUT2D eigenvalue weighted by Crippen LogP contribution is 2.17. The number of rotatable bonds is 6. The number of hydrogen-bond acceptors (Lipinski definition) is 2. The molecule has 3 nitrogen and oxygen atoms in total. The van der Waals surface area contributed by atoms with Gasteiger partial charge in [0.2, 0.25) is 0 Å². The Hall–Kier alpha value is -2.29. The number of hydrogen-bond donors (Lipinski definition) is 1. The van der Waals surface area contributed by atoms with E-state index >= 15 is 0 Å². The van der Waals surface area contributed by atoms with E-state index in [9.17, 15) is 4.79 Å². The van der Waals surface area contributed by atoms with Gasteiger partial charge in [-0.1, -0.05) is 42.5 Å². The van der Waals surface area contributed by atoms with Crippen molar-refractivity contribution in [2.45, 2.75) is 13.3 Å². The Balaban J connectivity index is 2.08. The Morgan fingerprint density at radius 1 is 1.05 bits per heavy atom. The quantitative estimate of drug-likeness (QED) is 0.880. The smallest absolute Gasteiger partial charge is 0.255 e. The molecule has 0 bridgehead atoms. The molecular weight excluding hydrogens is 260 g/mol. The van der Waals surface area contributed by atoms with Gasteiger partial charge in [-0.25, -0.2) is 0 Å². The number of likely N-dealkylation sites (N-methyl/N-ethyl adjacent to an activating group) is 1. The van der Waals surface area contributed by atoms with Crippen LogP contribution in [-0.4, -0.2) is 30.9 Å². The molecule has 0 aliphatic rings. The number of para-hydroxylation sites is 1. The van der Waals surface area contributed by atoms with Crippen molar-refractivity contribution in [1.82, 2.24) is 4.90 Å². The molecule has 0 saturated heterocycles. The molecule has 0 spiro atoms. The third kappa shape index (κ3) is 3.85. The summed E-state index contributed by atoms with van der Waals surface area (Å²) in [6, 6.07) is 17.9. The number of carbonyl (C=O) groups is 1. The summed E-state index contributed by atoms with van der Waals surface area (Å²) in [5.74, 6) is 0.0818. The second-order valence-corrected chi connectivity index (χ2v) is 4.92. The maximum Gasteiger partial charge on any atom is 0.255 e. The van der Waals surface area contributed by atoms with Crippen molar-refractivity contribution in [3.05, 3.63) is 65.7 Å². The molecule has 2 aromatic rings. The highest BCUT2D eigenvalue weighted by atomic mass is 16.2. The van der Waals surface area contributed by atoms with Crippen LogP contribution in [0.3, 0.4) is 0 Å². The Labute approximate surface area is 126 Å². The maximum atomic E-state index is 12.7. The van der Waals surface area contributed by atoms with Crippen molar-refractivity contribution in [1.29, 1.82) is 0 Å². The molecule has 110 valence electrons. The van der Waals surface area contributed by atoms with Gasteiger partial charge >= 0.3 is 0 Å². The summed E-state index contributed by atoms with van der Waals surface area (Å²) in [7, 11) is 1.84. The normalized spacial score (nSPS) is 10.2. The molecule has 0 atom stereocenters. The lowest BCUT2D eigenvalue weighted by atomic mass is 10.1. The number of anilines is 1. The zero-order valence-corrected chi connectivity index (χ0v) is 12.7. The largest absolute Gasteiger partial charge is 0.387 e. The molecule has 0 saturated carbocycles. The van der Waals surface area contributed by atoms with Gasteiger partial charge in [0, 0.05) is 25.8 Å². The minimum absolute atomic E-state index is 0.0818. The van der Waals surface area contributed by atoms with Gasteiger partial charge in [0.1, 0.15) is 0 Å². The third-order valence-electron chi connectivity index (χ3n) is 3.61. The van der Waals surface area contributed by atoms with E-state index in [1.165, 1.54) is 5.56 Å². The molecule has 21 heavy (non-hydrogen) atoms. The van der Waals surface area contributed by atoms with Crippen LogP contribution >= 0.6 is 0 Å². The van der Waals surface area contributed by atoms with Crippen LogP contribution in [0.25, 0.3) is 0 Å². The highest BCUT2D eigenvalue weighted by molar-refractivity contribution is 5.99. The Morgan fingerprint density at radius 2 is 1.71 bits per heavy atom.